The summed E-state index contributed by atoms with van der Waals surface area (Å²) in [7, 11) is 0. The van der Waals surface area contributed by atoms with Crippen molar-refractivity contribution in [3.63, 3.8) is 0 Å². The van der Waals surface area contributed by atoms with E-state index in [2.05, 4.69) is 28.0 Å². The molecule has 0 spiro atoms. The molecule has 0 bridgehead atoms. The van der Waals surface area contributed by atoms with Crippen molar-refractivity contribution >= 4 is 34.2 Å². The number of rotatable bonds is 4. The van der Waals surface area contributed by atoms with Gasteiger partial charge in [0.05, 0.1) is 6.04 Å². The van der Waals surface area contributed by atoms with E-state index in [0.29, 0.717) is 5.02 Å². The summed E-state index contributed by atoms with van der Waals surface area (Å²) in [6.07, 6.45) is 0.233. The molecule has 0 aliphatic carbocycles. The Morgan fingerprint density at radius 2 is 1.95 bits per heavy atom. The first-order chi connectivity index (χ1) is 9.51. The van der Waals surface area contributed by atoms with Crippen molar-refractivity contribution < 1.29 is 8.78 Å². The number of hydrogen-bond acceptors (Lipinski definition) is 2. The molecule has 2 rings (SSSR count). The third kappa shape index (κ3) is 3.66. The fourth-order valence-corrected chi connectivity index (χ4v) is 2.85. The smallest absolute Gasteiger partial charge is 0.126 e. The Labute approximate surface area is 134 Å². The highest BCUT2D eigenvalue weighted by atomic mass is 127. The summed E-state index contributed by atoms with van der Waals surface area (Å²) in [4.78, 5) is 0. The van der Waals surface area contributed by atoms with Crippen LogP contribution < -0.4 is 11.3 Å². The van der Waals surface area contributed by atoms with Crippen LogP contribution in [0.2, 0.25) is 5.02 Å². The second-order valence-electron chi connectivity index (χ2n) is 4.32. The molecule has 2 nitrogen and oxygen atoms in total. The Morgan fingerprint density at radius 1 is 1.20 bits per heavy atom. The summed E-state index contributed by atoms with van der Waals surface area (Å²) in [5.74, 6) is 4.62. The molecule has 0 aliphatic heterocycles. The van der Waals surface area contributed by atoms with Crippen LogP contribution in [0, 0.1) is 15.2 Å². The molecule has 106 valence electrons. The zero-order valence-electron chi connectivity index (χ0n) is 10.3. The summed E-state index contributed by atoms with van der Waals surface area (Å²) < 4.78 is 27.9. The van der Waals surface area contributed by atoms with Crippen molar-refractivity contribution in [3.8, 4) is 0 Å². The van der Waals surface area contributed by atoms with Crippen LogP contribution >= 0.6 is 34.2 Å². The molecule has 0 saturated heterocycles. The summed E-state index contributed by atoms with van der Waals surface area (Å²) in [5, 5.41) is 0.570. The van der Waals surface area contributed by atoms with Gasteiger partial charge in [-0.1, -0.05) is 11.6 Å². The fraction of sp³-hybridized carbons (Fsp3) is 0.143. The first-order valence-electron chi connectivity index (χ1n) is 5.86. The van der Waals surface area contributed by atoms with E-state index in [1.807, 2.05) is 6.07 Å². The highest BCUT2D eigenvalue weighted by molar-refractivity contribution is 14.1. The molecule has 0 amide bonds. The molecule has 1 atom stereocenters. The molecule has 1 unspecified atom stereocenters. The first-order valence-corrected chi connectivity index (χ1v) is 7.32. The van der Waals surface area contributed by atoms with E-state index in [-0.39, 0.29) is 18.0 Å². The fourth-order valence-electron chi connectivity index (χ4n) is 1.96. The minimum atomic E-state index is -0.474. The Morgan fingerprint density at radius 3 is 2.65 bits per heavy atom. The minimum Gasteiger partial charge on any atom is -0.271 e. The molecule has 20 heavy (non-hydrogen) atoms. The SMILES string of the molecule is NNC(Cc1cc(F)ccc1F)c1cc(Cl)ccc1I. The Balaban J connectivity index is 2.33. The van der Waals surface area contributed by atoms with Gasteiger partial charge in [0.25, 0.3) is 0 Å². The Kier molecular flexibility index (Phi) is 5.31. The van der Waals surface area contributed by atoms with Crippen LogP contribution in [-0.2, 0) is 6.42 Å². The van der Waals surface area contributed by atoms with Gasteiger partial charge < -0.3 is 0 Å². The van der Waals surface area contributed by atoms with Gasteiger partial charge in [0.1, 0.15) is 11.6 Å². The summed E-state index contributed by atoms with van der Waals surface area (Å²) >= 11 is 8.12. The summed E-state index contributed by atoms with van der Waals surface area (Å²) in [6, 6.07) is 8.42. The lowest BCUT2D eigenvalue weighted by Gasteiger charge is -2.18. The number of benzene rings is 2. The number of nitrogens with two attached hydrogens (primary N) is 1. The third-order valence-corrected chi connectivity index (χ3v) is 4.18. The molecule has 6 heteroatoms. The van der Waals surface area contributed by atoms with E-state index in [1.165, 1.54) is 6.07 Å². The predicted octanol–water partition coefficient (Wildman–Crippen LogP) is 3.97. The molecule has 0 aliphatic rings. The maximum atomic E-state index is 13.7. The zero-order valence-corrected chi connectivity index (χ0v) is 13.3. The topological polar surface area (TPSA) is 38.0 Å². The first kappa shape index (κ1) is 15.6. The van der Waals surface area contributed by atoms with E-state index in [9.17, 15) is 8.78 Å². The highest BCUT2D eigenvalue weighted by Crippen LogP contribution is 2.27. The van der Waals surface area contributed by atoms with E-state index >= 15 is 0 Å². The lowest BCUT2D eigenvalue weighted by molar-refractivity contribution is 0.521. The van der Waals surface area contributed by atoms with Crippen molar-refractivity contribution in [3.05, 3.63) is 67.8 Å². The van der Waals surface area contributed by atoms with Crippen LogP contribution in [0.5, 0.6) is 0 Å². The summed E-state index contributed by atoms with van der Waals surface area (Å²) in [6.45, 7) is 0. The Hall–Kier alpha value is -0.760. The van der Waals surface area contributed by atoms with Crippen LogP contribution in [0.25, 0.3) is 0 Å². The van der Waals surface area contributed by atoms with Crippen LogP contribution in [0.1, 0.15) is 17.2 Å². The molecule has 2 aromatic rings. The number of hydrazine groups is 1. The maximum absolute atomic E-state index is 13.7. The van der Waals surface area contributed by atoms with Crippen LogP contribution in [-0.4, -0.2) is 0 Å². The molecule has 0 fully saturated rings. The van der Waals surface area contributed by atoms with Gasteiger partial charge in [0, 0.05) is 8.59 Å². The van der Waals surface area contributed by atoms with Gasteiger partial charge in [-0.3, -0.25) is 11.3 Å². The molecular formula is C14H12ClF2IN2. The predicted molar refractivity (Wildman–Crippen MR) is 84.3 cm³/mol. The van der Waals surface area contributed by atoms with Crippen molar-refractivity contribution in [1.29, 1.82) is 0 Å². The third-order valence-electron chi connectivity index (χ3n) is 2.97. The number of nitrogens with one attached hydrogen (secondary N) is 1. The van der Waals surface area contributed by atoms with Crippen LogP contribution in [0.4, 0.5) is 8.78 Å². The number of halogens is 4. The second kappa shape index (κ2) is 6.80. The maximum Gasteiger partial charge on any atom is 0.126 e. The second-order valence-corrected chi connectivity index (χ2v) is 5.92. The monoisotopic (exact) mass is 408 g/mol. The van der Waals surface area contributed by atoms with Crippen LogP contribution in [0.3, 0.4) is 0 Å². The zero-order chi connectivity index (χ0) is 14.7. The van der Waals surface area contributed by atoms with Crippen LogP contribution in [0.15, 0.2) is 36.4 Å². The van der Waals surface area contributed by atoms with E-state index in [0.717, 1.165) is 21.3 Å². The number of hydrogen-bond donors (Lipinski definition) is 2. The van der Waals surface area contributed by atoms with Gasteiger partial charge in [-0.25, -0.2) is 8.78 Å². The lowest BCUT2D eigenvalue weighted by Crippen LogP contribution is -2.30. The minimum absolute atomic E-state index is 0.233. The molecule has 2 aromatic carbocycles. The largest absolute Gasteiger partial charge is 0.271 e. The Bertz CT molecular complexity index is 622. The molecule has 3 N–H and O–H groups in total. The van der Waals surface area contributed by atoms with Gasteiger partial charge in [0.15, 0.2) is 0 Å². The van der Waals surface area contributed by atoms with Gasteiger partial charge in [-0.05, 0) is 76.5 Å². The molecule has 0 heterocycles. The lowest BCUT2D eigenvalue weighted by atomic mass is 9.99. The van der Waals surface area contributed by atoms with Gasteiger partial charge >= 0.3 is 0 Å². The average molecular weight is 409 g/mol. The quantitative estimate of drug-likeness (QED) is 0.456. The van der Waals surface area contributed by atoms with E-state index < -0.39 is 11.6 Å². The summed E-state index contributed by atoms with van der Waals surface area (Å²) in [5.41, 5.74) is 3.75. The molecular weight excluding hydrogens is 397 g/mol. The molecule has 0 saturated carbocycles. The van der Waals surface area contributed by atoms with E-state index in [1.54, 1.807) is 12.1 Å². The van der Waals surface area contributed by atoms with Crippen molar-refractivity contribution in [2.75, 3.05) is 0 Å². The van der Waals surface area contributed by atoms with Crippen molar-refractivity contribution in [1.82, 2.24) is 5.43 Å². The van der Waals surface area contributed by atoms with Gasteiger partial charge in [0.2, 0.25) is 0 Å². The van der Waals surface area contributed by atoms with Gasteiger partial charge in [-0.15, -0.1) is 0 Å². The molecule has 0 aromatic heterocycles. The highest BCUT2D eigenvalue weighted by Gasteiger charge is 2.16. The average Bonchev–Trinajstić information content (AvgIpc) is 2.42. The molecule has 0 radical (unpaired) electrons. The van der Waals surface area contributed by atoms with Crippen molar-refractivity contribution in [2.24, 2.45) is 5.84 Å². The van der Waals surface area contributed by atoms with E-state index in [4.69, 9.17) is 17.4 Å². The van der Waals surface area contributed by atoms with Gasteiger partial charge in [-0.2, -0.15) is 0 Å². The standard InChI is InChI=1S/C14H12ClF2IN2/c15-9-1-4-13(18)11(7-9)14(20-19)6-8-5-10(16)2-3-12(8)17/h1-5,7,14,20H,6,19H2. The van der Waals surface area contributed by atoms with Crippen molar-refractivity contribution in [2.45, 2.75) is 12.5 Å². The normalized spacial score (nSPS) is 12.4.